The average Bonchev–Trinajstić information content (AvgIpc) is 2.18. The predicted molar refractivity (Wildman–Crippen MR) is 60.6 cm³/mol. The zero-order valence-corrected chi connectivity index (χ0v) is 9.43. The van der Waals surface area contributed by atoms with Crippen LogP contribution >= 0.6 is 11.6 Å². The molecule has 0 aliphatic carbocycles. The summed E-state index contributed by atoms with van der Waals surface area (Å²) in [6, 6.07) is 8.55. The molecule has 1 aromatic rings. The van der Waals surface area contributed by atoms with Gasteiger partial charge in [-0.15, -0.1) is 0 Å². The van der Waals surface area contributed by atoms with Crippen molar-refractivity contribution in [2.75, 3.05) is 6.54 Å². The third-order valence-corrected chi connectivity index (χ3v) is 3.78. The Balaban J connectivity index is 2.29. The minimum Gasteiger partial charge on any atom is -0.309 e. The van der Waals surface area contributed by atoms with Crippen molar-refractivity contribution in [1.82, 2.24) is 5.32 Å². The first kappa shape index (κ1) is 10.0. The third-order valence-electron chi connectivity index (χ3n) is 3.43. The maximum absolute atomic E-state index is 6.18. The third kappa shape index (κ3) is 1.45. The maximum Gasteiger partial charge on any atom is 0.0454 e. The van der Waals surface area contributed by atoms with E-state index in [-0.39, 0.29) is 0 Å². The highest BCUT2D eigenvalue weighted by Crippen LogP contribution is 2.45. The number of halogens is 1. The first-order valence-electron chi connectivity index (χ1n) is 5.15. The van der Waals surface area contributed by atoms with Gasteiger partial charge in [-0.3, -0.25) is 0 Å². The van der Waals surface area contributed by atoms with Gasteiger partial charge < -0.3 is 5.32 Å². The Bertz CT molecular complexity index is 333. The highest BCUT2D eigenvalue weighted by molar-refractivity contribution is 6.31. The lowest BCUT2D eigenvalue weighted by Gasteiger charge is -2.48. The standard InChI is InChI=1S/C12H16ClN/c1-3-12(2)8-14-11(12)9-6-4-5-7-10(9)13/h4-7,11,14H,3,8H2,1-2H3. The summed E-state index contributed by atoms with van der Waals surface area (Å²) >= 11 is 6.18. The average molecular weight is 210 g/mol. The topological polar surface area (TPSA) is 12.0 Å². The Morgan fingerprint density at radius 2 is 2.21 bits per heavy atom. The van der Waals surface area contributed by atoms with Gasteiger partial charge in [0.1, 0.15) is 0 Å². The van der Waals surface area contributed by atoms with Crippen LogP contribution in [0.5, 0.6) is 0 Å². The van der Waals surface area contributed by atoms with Gasteiger partial charge in [-0.25, -0.2) is 0 Å². The maximum atomic E-state index is 6.18. The molecule has 0 spiro atoms. The van der Waals surface area contributed by atoms with E-state index in [0.29, 0.717) is 11.5 Å². The van der Waals surface area contributed by atoms with Crippen LogP contribution in [0.25, 0.3) is 0 Å². The molecule has 1 aliphatic rings. The summed E-state index contributed by atoms with van der Waals surface area (Å²) in [6.45, 7) is 5.65. The van der Waals surface area contributed by atoms with Crippen molar-refractivity contribution in [2.45, 2.75) is 26.3 Å². The molecule has 2 unspecified atom stereocenters. The van der Waals surface area contributed by atoms with E-state index < -0.39 is 0 Å². The Labute approximate surface area is 90.5 Å². The van der Waals surface area contributed by atoms with Crippen LogP contribution in [-0.2, 0) is 0 Å². The van der Waals surface area contributed by atoms with Gasteiger partial charge in [0.2, 0.25) is 0 Å². The van der Waals surface area contributed by atoms with Crippen LogP contribution in [0, 0.1) is 5.41 Å². The molecule has 1 aromatic carbocycles. The van der Waals surface area contributed by atoms with Crippen molar-refractivity contribution in [3.8, 4) is 0 Å². The van der Waals surface area contributed by atoms with Crippen LogP contribution in [0.15, 0.2) is 24.3 Å². The highest BCUT2D eigenvalue weighted by Gasteiger charge is 2.42. The van der Waals surface area contributed by atoms with E-state index >= 15 is 0 Å². The minimum absolute atomic E-state index is 0.380. The fourth-order valence-electron chi connectivity index (χ4n) is 2.08. The molecule has 14 heavy (non-hydrogen) atoms. The fraction of sp³-hybridized carbons (Fsp3) is 0.500. The first-order chi connectivity index (χ1) is 6.67. The number of hydrogen-bond donors (Lipinski definition) is 1. The van der Waals surface area contributed by atoms with Crippen LogP contribution in [0.4, 0.5) is 0 Å². The molecule has 0 aromatic heterocycles. The summed E-state index contributed by atoms with van der Waals surface area (Å²) in [7, 11) is 0. The Morgan fingerprint density at radius 1 is 1.50 bits per heavy atom. The monoisotopic (exact) mass is 209 g/mol. The summed E-state index contributed by atoms with van der Waals surface area (Å²) in [5.41, 5.74) is 1.62. The highest BCUT2D eigenvalue weighted by atomic mass is 35.5. The van der Waals surface area contributed by atoms with Gasteiger partial charge in [-0.2, -0.15) is 0 Å². The van der Waals surface area contributed by atoms with Crippen LogP contribution in [0.1, 0.15) is 31.9 Å². The molecule has 76 valence electrons. The molecule has 2 heteroatoms. The summed E-state index contributed by atoms with van der Waals surface area (Å²) in [4.78, 5) is 0. The number of nitrogens with one attached hydrogen (secondary N) is 1. The van der Waals surface area contributed by atoms with Crippen LogP contribution < -0.4 is 5.32 Å². The smallest absolute Gasteiger partial charge is 0.0454 e. The van der Waals surface area contributed by atoms with Crippen molar-refractivity contribution in [3.05, 3.63) is 34.9 Å². The van der Waals surface area contributed by atoms with Gasteiger partial charge in [0, 0.05) is 17.6 Å². The van der Waals surface area contributed by atoms with Crippen LogP contribution in [0.3, 0.4) is 0 Å². The van der Waals surface area contributed by atoms with E-state index in [4.69, 9.17) is 11.6 Å². The second-order valence-corrected chi connectivity index (χ2v) is 4.75. The molecule has 2 atom stereocenters. The van der Waals surface area contributed by atoms with Crippen LogP contribution in [0.2, 0.25) is 5.02 Å². The molecule has 2 rings (SSSR count). The molecular formula is C12H16ClN. The number of rotatable bonds is 2. The van der Waals surface area contributed by atoms with Gasteiger partial charge >= 0.3 is 0 Å². The predicted octanol–water partition coefficient (Wildman–Crippen LogP) is 3.40. The van der Waals surface area contributed by atoms with E-state index in [1.54, 1.807) is 0 Å². The molecule has 1 aliphatic heterocycles. The second kappa shape index (κ2) is 3.56. The molecule has 1 N–H and O–H groups in total. The molecule has 0 amide bonds. The van der Waals surface area contributed by atoms with Crippen molar-refractivity contribution in [1.29, 1.82) is 0 Å². The lowest BCUT2D eigenvalue weighted by Crippen LogP contribution is -2.53. The molecule has 1 saturated heterocycles. The molecule has 1 fully saturated rings. The number of hydrogen-bond acceptors (Lipinski definition) is 1. The summed E-state index contributed by atoms with van der Waals surface area (Å²) < 4.78 is 0. The van der Waals surface area contributed by atoms with Gasteiger partial charge in [0.05, 0.1) is 0 Å². The van der Waals surface area contributed by atoms with Crippen molar-refractivity contribution in [2.24, 2.45) is 5.41 Å². The lowest BCUT2D eigenvalue weighted by atomic mass is 9.70. The van der Waals surface area contributed by atoms with E-state index in [0.717, 1.165) is 11.6 Å². The molecule has 1 nitrogen and oxygen atoms in total. The Kier molecular flexibility index (Phi) is 2.54. The zero-order chi connectivity index (χ0) is 10.2. The van der Waals surface area contributed by atoms with Crippen molar-refractivity contribution < 1.29 is 0 Å². The Morgan fingerprint density at radius 3 is 2.71 bits per heavy atom. The summed E-state index contributed by atoms with van der Waals surface area (Å²) in [5, 5.41) is 4.34. The second-order valence-electron chi connectivity index (χ2n) is 4.34. The zero-order valence-electron chi connectivity index (χ0n) is 8.68. The number of benzene rings is 1. The molecule has 0 radical (unpaired) electrons. The van der Waals surface area contributed by atoms with E-state index in [2.05, 4.69) is 31.3 Å². The Hall–Kier alpha value is -0.530. The largest absolute Gasteiger partial charge is 0.309 e. The molecule has 1 heterocycles. The fourth-order valence-corrected chi connectivity index (χ4v) is 2.32. The minimum atomic E-state index is 0.380. The van der Waals surface area contributed by atoms with E-state index in [1.165, 1.54) is 12.0 Å². The van der Waals surface area contributed by atoms with Gasteiger partial charge in [0.15, 0.2) is 0 Å². The summed E-state index contributed by atoms with van der Waals surface area (Å²) in [5.74, 6) is 0. The van der Waals surface area contributed by atoms with E-state index in [1.807, 2.05) is 12.1 Å². The molecule has 0 bridgehead atoms. The SMILES string of the molecule is CCC1(C)CNC1c1ccccc1Cl. The van der Waals surface area contributed by atoms with Gasteiger partial charge in [0.25, 0.3) is 0 Å². The van der Waals surface area contributed by atoms with Gasteiger partial charge in [-0.05, 0) is 23.5 Å². The normalized spacial score (nSPS) is 31.2. The van der Waals surface area contributed by atoms with Crippen molar-refractivity contribution >= 4 is 11.6 Å². The van der Waals surface area contributed by atoms with E-state index in [9.17, 15) is 0 Å². The molecular weight excluding hydrogens is 194 g/mol. The van der Waals surface area contributed by atoms with Crippen LogP contribution in [-0.4, -0.2) is 6.54 Å². The molecule has 0 saturated carbocycles. The quantitative estimate of drug-likeness (QED) is 0.788. The lowest BCUT2D eigenvalue weighted by molar-refractivity contribution is 0.0990. The first-order valence-corrected chi connectivity index (χ1v) is 5.53. The summed E-state index contributed by atoms with van der Waals surface area (Å²) in [6.07, 6.45) is 1.19. The van der Waals surface area contributed by atoms with Gasteiger partial charge in [-0.1, -0.05) is 43.6 Å². The van der Waals surface area contributed by atoms with Crippen molar-refractivity contribution in [3.63, 3.8) is 0 Å².